The topological polar surface area (TPSA) is 33.1 Å². The summed E-state index contributed by atoms with van der Waals surface area (Å²) in [5.74, 6) is 1.72. The molecule has 0 aliphatic heterocycles. The molecular weight excluding hydrogens is 188 g/mol. The number of imidazole rings is 1. The molecule has 0 atom stereocenters. The maximum Gasteiger partial charge on any atom is 0.137 e. The number of rotatable bonds is 6. The molecule has 0 spiro atoms. The zero-order valence-corrected chi connectivity index (χ0v) is 9.40. The van der Waals surface area contributed by atoms with Gasteiger partial charge in [-0.25, -0.2) is 4.98 Å². The van der Waals surface area contributed by atoms with Crippen LogP contribution in [0.2, 0.25) is 0 Å². The van der Waals surface area contributed by atoms with Crippen molar-refractivity contribution < 1.29 is 0 Å². The molecule has 1 N–H and O–H groups in total. The highest BCUT2D eigenvalue weighted by molar-refractivity contribution is 5.48. The van der Waals surface area contributed by atoms with Gasteiger partial charge in [-0.1, -0.05) is 13.2 Å². The van der Waals surface area contributed by atoms with Crippen LogP contribution >= 0.6 is 0 Å². The van der Waals surface area contributed by atoms with Crippen LogP contribution in [0.3, 0.4) is 0 Å². The highest BCUT2D eigenvalue weighted by atomic mass is 15.3. The molecule has 15 heavy (non-hydrogen) atoms. The molecule has 4 heteroatoms. The largest absolute Gasteiger partial charge is 0.360 e. The Labute approximate surface area is 90.9 Å². The van der Waals surface area contributed by atoms with Crippen LogP contribution in [0.4, 0.5) is 0 Å². The lowest BCUT2D eigenvalue weighted by Crippen LogP contribution is -2.28. The fraction of sp³-hybridized carbons (Fsp3) is 0.364. The Kier molecular flexibility index (Phi) is 4.12. The smallest absolute Gasteiger partial charge is 0.137 e. The number of hydrogen-bond acceptors (Lipinski definition) is 3. The van der Waals surface area contributed by atoms with Crippen molar-refractivity contribution in [2.24, 2.45) is 0 Å². The fourth-order valence-corrected chi connectivity index (χ4v) is 1.28. The van der Waals surface area contributed by atoms with Gasteiger partial charge in [-0.2, -0.15) is 0 Å². The number of likely N-dealkylation sites (N-methyl/N-ethyl adjacent to an activating group) is 2. The molecule has 0 radical (unpaired) electrons. The van der Waals surface area contributed by atoms with Gasteiger partial charge < -0.3 is 10.2 Å². The minimum absolute atomic E-state index is 0.816. The first-order chi connectivity index (χ1) is 7.20. The van der Waals surface area contributed by atoms with Crippen LogP contribution in [-0.2, 0) is 0 Å². The van der Waals surface area contributed by atoms with E-state index >= 15 is 0 Å². The number of nitrogens with one attached hydrogen (secondary N) is 1. The van der Waals surface area contributed by atoms with E-state index in [1.165, 1.54) is 0 Å². The van der Waals surface area contributed by atoms with E-state index in [9.17, 15) is 0 Å². The van der Waals surface area contributed by atoms with Crippen LogP contribution in [0.1, 0.15) is 5.82 Å². The third-order valence-electron chi connectivity index (χ3n) is 2.27. The van der Waals surface area contributed by atoms with Crippen molar-refractivity contribution in [2.45, 2.75) is 0 Å². The molecule has 4 nitrogen and oxygen atoms in total. The van der Waals surface area contributed by atoms with Gasteiger partial charge in [-0.3, -0.25) is 4.57 Å². The van der Waals surface area contributed by atoms with Crippen LogP contribution < -0.4 is 5.32 Å². The molecule has 0 saturated heterocycles. The predicted octanol–water partition coefficient (Wildman–Crippen LogP) is 1.11. The maximum absolute atomic E-state index is 4.16. The predicted molar refractivity (Wildman–Crippen MR) is 64.2 cm³/mol. The highest BCUT2D eigenvalue weighted by Crippen LogP contribution is 2.10. The minimum Gasteiger partial charge on any atom is -0.360 e. The van der Waals surface area contributed by atoms with E-state index in [2.05, 4.69) is 28.4 Å². The summed E-state index contributed by atoms with van der Waals surface area (Å²) in [6.07, 6.45) is 5.35. The summed E-state index contributed by atoms with van der Waals surface area (Å²) in [7, 11) is 3.94. The maximum atomic E-state index is 4.16. The Morgan fingerprint density at radius 2 is 2.47 bits per heavy atom. The Morgan fingerprint density at radius 3 is 3.07 bits per heavy atom. The van der Waals surface area contributed by atoms with E-state index in [1.54, 1.807) is 12.3 Å². The average Bonchev–Trinajstić information content (AvgIpc) is 2.72. The molecule has 1 aromatic rings. The number of aromatic nitrogens is 2. The third kappa shape index (κ3) is 2.70. The first kappa shape index (κ1) is 11.5. The molecule has 0 aromatic carbocycles. The zero-order chi connectivity index (χ0) is 11.3. The first-order valence-electron chi connectivity index (χ1n) is 4.91. The SMILES string of the molecule is C=Cc1nccn1C(=C)N(C)CCNC. The molecule has 82 valence electrons. The zero-order valence-electron chi connectivity index (χ0n) is 9.40. The molecule has 1 rings (SSSR count). The quantitative estimate of drug-likeness (QED) is 0.756. The molecule has 0 unspecified atom stereocenters. The Balaban J connectivity index is 2.71. The minimum atomic E-state index is 0.816. The van der Waals surface area contributed by atoms with E-state index in [0.29, 0.717) is 0 Å². The van der Waals surface area contributed by atoms with Crippen LogP contribution in [0.15, 0.2) is 25.6 Å². The molecular formula is C11H18N4. The van der Waals surface area contributed by atoms with Crippen LogP contribution in [0, 0.1) is 0 Å². The molecule has 0 saturated carbocycles. The van der Waals surface area contributed by atoms with Crippen molar-refractivity contribution in [1.29, 1.82) is 0 Å². The van der Waals surface area contributed by atoms with E-state index < -0.39 is 0 Å². The second-order valence-corrected chi connectivity index (χ2v) is 3.30. The monoisotopic (exact) mass is 206 g/mol. The fourth-order valence-electron chi connectivity index (χ4n) is 1.28. The summed E-state index contributed by atoms with van der Waals surface area (Å²) in [5.41, 5.74) is 0. The summed E-state index contributed by atoms with van der Waals surface area (Å²) in [6, 6.07) is 0. The van der Waals surface area contributed by atoms with Crippen LogP contribution in [0.25, 0.3) is 11.9 Å². The number of hydrogen-bond donors (Lipinski definition) is 1. The second-order valence-electron chi connectivity index (χ2n) is 3.30. The lowest BCUT2D eigenvalue weighted by Gasteiger charge is -2.22. The van der Waals surface area contributed by atoms with Gasteiger partial charge in [-0.15, -0.1) is 0 Å². The van der Waals surface area contributed by atoms with Crippen molar-refractivity contribution in [3.63, 3.8) is 0 Å². The van der Waals surface area contributed by atoms with Gasteiger partial charge in [0.1, 0.15) is 11.6 Å². The Hall–Kier alpha value is -1.55. The summed E-state index contributed by atoms with van der Waals surface area (Å²) in [4.78, 5) is 6.23. The lowest BCUT2D eigenvalue weighted by atomic mass is 10.5. The summed E-state index contributed by atoms with van der Waals surface area (Å²) in [6.45, 7) is 9.58. The molecule has 0 aliphatic carbocycles. The van der Waals surface area contributed by atoms with Gasteiger partial charge >= 0.3 is 0 Å². The van der Waals surface area contributed by atoms with Crippen LogP contribution in [0.5, 0.6) is 0 Å². The molecule has 1 aromatic heterocycles. The molecule has 0 aliphatic rings. The molecule has 0 bridgehead atoms. The van der Waals surface area contributed by atoms with E-state index in [0.717, 1.165) is 24.7 Å². The average molecular weight is 206 g/mol. The van der Waals surface area contributed by atoms with E-state index in [4.69, 9.17) is 0 Å². The summed E-state index contributed by atoms with van der Waals surface area (Å²) in [5, 5.41) is 3.10. The van der Waals surface area contributed by atoms with Crippen molar-refractivity contribution in [3.05, 3.63) is 31.4 Å². The van der Waals surface area contributed by atoms with E-state index in [1.807, 2.05) is 24.9 Å². The lowest BCUT2D eigenvalue weighted by molar-refractivity contribution is 0.452. The van der Waals surface area contributed by atoms with Crippen molar-refractivity contribution in [1.82, 2.24) is 19.8 Å². The molecule has 0 fully saturated rings. The van der Waals surface area contributed by atoms with Gasteiger partial charge in [0, 0.05) is 32.5 Å². The summed E-state index contributed by atoms with van der Waals surface area (Å²) >= 11 is 0. The normalized spacial score (nSPS) is 10.0. The second kappa shape index (κ2) is 5.36. The van der Waals surface area contributed by atoms with Crippen molar-refractivity contribution >= 4 is 11.9 Å². The third-order valence-corrected chi connectivity index (χ3v) is 2.27. The van der Waals surface area contributed by atoms with Crippen molar-refractivity contribution in [3.8, 4) is 0 Å². The first-order valence-corrected chi connectivity index (χ1v) is 4.91. The van der Waals surface area contributed by atoms with Gasteiger partial charge in [-0.05, 0) is 13.1 Å². The van der Waals surface area contributed by atoms with Gasteiger partial charge in [0.05, 0.1) is 0 Å². The summed E-state index contributed by atoms with van der Waals surface area (Å²) < 4.78 is 1.92. The Bertz CT molecular complexity index is 340. The molecule has 0 amide bonds. The molecule has 1 heterocycles. The number of nitrogens with zero attached hydrogens (tertiary/aromatic N) is 3. The Morgan fingerprint density at radius 1 is 1.73 bits per heavy atom. The highest BCUT2D eigenvalue weighted by Gasteiger charge is 2.06. The van der Waals surface area contributed by atoms with Crippen LogP contribution in [-0.4, -0.2) is 41.6 Å². The van der Waals surface area contributed by atoms with Gasteiger partial charge in [0.2, 0.25) is 0 Å². The standard InChI is InChI=1S/C11H18N4/c1-5-11-13-7-9-15(11)10(2)14(4)8-6-12-3/h5,7,9,12H,1-2,6,8H2,3-4H3. The van der Waals surface area contributed by atoms with Crippen molar-refractivity contribution in [2.75, 3.05) is 27.2 Å². The van der Waals surface area contributed by atoms with E-state index in [-0.39, 0.29) is 0 Å². The van der Waals surface area contributed by atoms with Gasteiger partial charge in [0.15, 0.2) is 0 Å². The van der Waals surface area contributed by atoms with Gasteiger partial charge in [0.25, 0.3) is 0 Å².